The minimum atomic E-state index is -4.78. The fourth-order valence-corrected chi connectivity index (χ4v) is 5.40. The molecule has 4 rings (SSSR count). The van der Waals surface area contributed by atoms with Crippen molar-refractivity contribution in [2.75, 3.05) is 16.2 Å². The summed E-state index contributed by atoms with van der Waals surface area (Å²) in [4.78, 5) is 23.0. The van der Waals surface area contributed by atoms with Gasteiger partial charge in [0, 0.05) is 31.0 Å². The molecule has 1 unspecified atom stereocenters. The maximum Gasteiger partial charge on any atom is 0.416 e. The Kier molecular flexibility index (Phi) is 7.22. The van der Waals surface area contributed by atoms with E-state index >= 15 is 0 Å². The molecule has 11 nitrogen and oxygen atoms in total. The monoisotopic (exact) mass is 553 g/mol. The Morgan fingerprint density at radius 2 is 1.97 bits per heavy atom. The van der Waals surface area contributed by atoms with Crippen molar-refractivity contribution in [3.63, 3.8) is 0 Å². The summed E-state index contributed by atoms with van der Waals surface area (Å²) in [6.45, 7) is -0.241. The summed E-state index contributed by atoms with van der Waals surface area (Å²) < 4.78 is 75.1. The van der Waals surface area contributed by atoms with E-state index in [2.05, 4.69) is 15.7 Å². The molecule has 0 fully saturated rings. The van der Waals surface area contributed by atoms with Gasteiger partial charge in [-0.1, -0.05) is 6.07 Å². The van der Waals surface area contributed by atoms with E-state index in [0.29, 0.717) is 6.07 Å². The molecule has 2 aromatic carbocycles. The fourth-order valence-electron chi connectivity index (χ4n) is 3.85. The van der Waals surface area contributed by atoms with Crippen LogP contribution in [0.4, 0.5) is 29.3 Å². The first-order valence-corrected chi connectivity index (χ1v) is 12.5. The maximum absolute atomic E-state index is 13.6. The van der Waals surface area contributed by atoms with E-state index in [-0.39, 0.29) is 30.1 Å². The predicted molar refractivity (Wildman–Crippen MR) is 128 cm³/mol. The van der Waals surface area contributed by atoms with Crippen molar-refractivity contribution in [1.29, 1.82) is 0 Å². The number of nitrogens with one attached hydrogen (secondary N) is 2. The van der Waals surface area contributed by atoms with Gasteiger partial charge in [-0.2, -0.15) is 18.3 Å². The third-order valence-electron chi connectivity index (χ3n) is 5.55. The number of sulfonamides is 1. The molecular weight excluding hydrogens is 531 g/mol. The molecule has 2 heterocycles. The van der Waals surface area contributed by atoms with Crippen LogP contribution < -0.4 is 19.7 Å². The number of hydrogen-bond donors (Lipinski definition) is 3. The Bertz CT molecular complexity index is 1470. The predicted octanol–water partition coefficient (Wildman–Crippen LogP) is 3.19. The van der Waals surface area contributed by atoms with Gasteiger partial charge in [0.15, 0.2) is 0 Å². The smallest absolute Gasteiger partial charge is 0.416 e. The summed E-state index contributed by atoms with van der Waals surface area (Å²) in [5.41, 5.74) is -0.500. The molecule has 3 N–H and O–H groups in total. The van der Waals surface area contributed by atoms with E-state index in [4.69, 9.17) is 9.84 Å². The fraction of sp³-hybridized carbons (Fsp3) is 0.261. The second-order valence-corrected chi connectivity index (χ2v) is 10.3. The topological polar surface area (TPSA) is 143 Å². The molecule has 0 aliphatic carbocycles. The van der Waals surface area contributed by atoms with Crippen LogP contribution in [0.3, 0.4) is 0 Å². The van der Waals surface area contributed by atoms with Crippen LogP contribution in [0.2, 0.25) is 0 Å². The lowest BCUT2D eigenvalue weighted by Crippen LogP contribution is -2.45. The number of hydrogen-bond acceptors (Lipinski definition) is 6. The van der Waals surface area contributed by atoms with E-state index in [0.717, 1.165) is 28.1 Å². The molecule has 1 aromatic heterocycles. The molecule has 0 saturated carbocycles. The van der Waals surface area contributed by atoms with Gasteiger partial charge in [0.1, 0.15) is 11.9 Å². The standard InChI is InChI=1S/C23H22F3N5O6S/c1-30-12-14(11-28-30)10-27-21(32)9-17-13-31(19-8-16(29-22(33)34)5-6-20(19)37-17)38(35,36)18-4-2-3-15(7-18)23(24,25)26/h2-8,11-12,17,29H,9-10,13H2,1H3,(H,27,32)(H,33,34). The number of carboxylic acid groups (broad SMARTS) is 1. The first-order chi connectivity index (χ1) is 17.8. The highest BCUT2D eigenvalue weighted by Crippen LogP contribution is 2.40. The average Bonchev–Trinajstić information content (AvgIpc) is 3.26. The Hall–Kier alpha value is -4.27. The molecule has 2 amide bonds. The Morgan fingerprint density at radius 3 is 2.63 bits per heavy atom. The van der Waals surface area contributed by atoms with Crippen LogP contribution in [0.1, 0.15) is 17.5 Å². The molecule has 1 aliphatic heterocycles. The molecule has 0 radical (unpaired) electrons. The van der Waals surface area contributed by atoms with E-state index in [9.17, 15) is 31.2 Å². The van der Waals surface area contributed by atoms with Crippen LogP contribution >= 0.6 is 0 Å². The van der Waals surface area contributed by atoms with Crippen molar-refractivity contribution in [2.24, 2.45) is 7.05 Å². The number of aromatic nitrogens is 2. The van der Waals surface area contributed by atoms with Crippen molar-refractivity contribution >= 4 is 33.4 Å². The van der Waals surface area contributed by atoms with E-state index < -0.39 is 51.3 Å². The lowest BCUT2D eigenvalue weighted by atomic mass is 10.1. The molecule has 0 spiro atoms. The van der Waals surface area contributed by atoms with Gasteiger partial charge < -0.3 is 15.2 Å². The maximum atomic E-state index is 13.6. The number of fused-ring (bicyclic) bond motifs is 1. The van der Waals surface area contributed by atoms with Crippen LogP contribution in [-0.4, -0.2) is 48.0 Å². The number of amides is 2. The number of carbonyl (C=O) groups excluding carboxylic acids is 1. The van der Waals surface area contributed by atoms with E-state index in [1.165, 1.54) is 18.2 Å². The van der Waals surface area contributed by atoms with Crippen LogP contribution in [0.15, 0.2) is 59.8 Å². The number of benzene rings is 2. The second-order valence-electron chi connectivity index (χ2n) is 8.42. The molecule has 0 bridgehead atoms. The molecule has 1 atom stereocenters. The number of rotatable bonds is 7. The van der Waals surface area contributed by atoms with Crippen LogP contribution in [0, 0.1) is 0 Å². The Balaban J connectivity index is 1.64. The van der Waals surface area contributed by atoms with Gasteiger partial charge in [-0.3, -0.25) is 19.1 Å². The zero-order chi connectivity index (χ0) is 27.7. The van der Waals surface area contributed by atoms with Crippen molar-refractivity contribution in [3.8, 4) is 5.75 Å². The highest BCUT2D eigenvalue weighted by Gasteiger charge is 2.37. The largest absolute Gasteiger partial charge is 0.486 e. The Labute approximate surface area is 214 Å². The summed E-state index contributed by atoms with van der Waals surface area (Å²) in [5.74, 6) is -0.448. The van der Waals surface area contributed by atoms with Crippen LogP contribution in [-0.2, 0) is 34.6 Å². The number of ether oxygens (including phenoxy) is 1. The molecule has 3 aromatic rings. The van der Waals surface area contributed by atoms with Crippen molar-refractivity contribution in [2.45, 2.75) is 30.1 Å². The Morgan fingerprint density at radius 1 is 1.21 bits per heavy atom. The van der Waals surface area contributed by atoms with Gasteiger partial charge >= 0.3 is 12.3 Å². The van der Waals surface area contributed by atoms with Gasteiger partial charge in [0.2, 0.25) is 5.91 Å². The van der Waals surface area contributed by atoms with Gasteiger partial charge in [-0.15, -0.1) is 0 Å². The summed E-state index contributed by atoms with van der Waals surface area (Å²) in [6, 6.07) is 7.09. The van der Waals surface area contributed by atoms with Gasteiger partial charge in [-0.25, -0.2) is 13.2 Å². The molecular formula is C23H22F3N5O6S. The normalized spacial score (nSPS) is 15.4. The number of anilines is 2. The van der Waals surface area contributed by atoms with Crippen molar-refractivity contribution < 1.29 is 41.0 Å². The minimum absolute atomic E-state index is 0.00722. The number of nitrogens with zero attached hydrogens (tertiary/aromatic N) is 3. The van der Waals surface area contributed by atoms with Crippen LogP contribution in [0.25, 0.3) is 0 Å². The zero-order valence-corrected chi connectivity index (χ0v) is 20.6. The second kappa shape index (κ2) is 10.2. The summed E-state index contributed by atoms with van der Waals surface area (Å²) in [6.07, 6.45) is -4.16. The molecule has 38 heavy (non-hydrogen) atoms. The summed E-state index contributed by atoms with van der Waals surface area (Å²) in [7, 11) is -2.87. The van der Waals surface area contributed by atoms with E-state index in [1.54, 1.807) is 24.1 Å². The third-order valence-corrected chi connectivity index (χ3v) is 7.33. The summed E-state index contributed by atoms with van der Waals surface area (Å²) >= 11 is 0. The summed E-state index contributed by atoms with van der Waals surface area (Å²) in [5, 5.41) is 17.8. The lowest BCUT2D eigenvalue weighted by Gasteiger charge is -2.35. The van der Waals surface area contributed by atoms with Crippen molar-refractivity contribution in [3.05, 3.63) is 66.0 Å². The third kappa shape index (κ3) is 5.99. The van der Waals surface area contributed by atoms with Crippen LogP contribution in [0.5, 0.6) is 5.75 Å². The van der Waals surface area contributed by atoms with Gasteiger partial charge in [-0.05, 0) is 36.4 Å². The molecule has 202 valence electrons. The lowest BCUT2D eigenvalue weighted by molar-refractivity contribution is -0.137. The highest BCUT2D eigenvalue weighted by atomic mass is 32.2. The molecule has 1 aliphatic rings. The highest BCUT2D eigenvalue weighted by molar-refractivity contribution is 7.92. The SMILES string of the molecule is Cn1cc(CNC(=O)CC2CN(S(=O)(=O)c3cccc(C(F)(F)F)c3)c3cc(NC(=O)O)ccc3O2)cn1. The number of halogens is 3. The van der Waals surface area contributed by atoms with Gasteiger partial charge in [0.25, 0.3) is 10.0 Å². The van der Waals surface area contributed by atoms with Gasteiger partial charge in [0.05, 0.1) is 35.3 Å². The minimum Gasteiger partial charge on any atom is -0.486 e. The first-order valence-electron chi connectivity index (χ1n) is 11.1. The average molecular weight is 554 g/mol. The van der Waals surface area contributed by atoms with E-state index in [1.807, 2.05) is 0 Å². The van der Waals surface area contributed by atoms with Crippen molar-refractivity contribution in [1.82, 2.24) is 15.1 Å². The number of alkyl halides is 3. The quantitative estimate of drug-likeness (QED) is 0.408. The molecule has 15 heteroatoms. The first kappa shape index (κ1) is 26.8. The number of carbonyl (C=O) groups is 2. The zero-order valence-electron chi connectivity index (χ0n) is 19.8. The molecule has 0 saturated heterocycles. The number of aryl methyl sites for hydroxylation is 1.